The molecule has 0 amide bonds. The van der Waals surface area contributed by atoms with Crippen LogP contribution in [0.5, 0.6) is 0 Å². The molecule has 0 bridgehead atoms. The molecule has 4 N–H and O–H groups in total. The Bertz CT molecular complexity index is 539. The molecule has 2 aromatic rings. The van der Waals surface area contributed by atoms with E-state index in [0.717, 1.165) is 12.1 Å². The molecule has 5 nitrogen and oxygen atoms in total. The highest BCUT2D eigenvalue weighted by molar-refractivity contribution is 5.63. The zero-order valence-electron chi connectivity index (χ0n) is 10.6. The fraction of sp³-hybridized carbons (Fsp3) is 0.231. The van der Waals surface area contributed by atoms with E-state index >= 15 is 0 Å². The number of anilines is 4. The number of nitrogens with one attached hydrogen (secondary N) is 2. The molecule has 0 aliphatic heterocycles. The first-order valence-corrected chi connectivity index (χ1v) is 5.90. The summed E-state index contributed by atoms with van der Waals surface area (Å²) in [5.41, 5.74) is 7.94. The SMILES string of the molecule is CCc1ccccc1Nc1cc(NC)nc(N)n1. The highest BCUT2D eigenvalue weighted by atomic mass is 15.1. The third-order valence-corrected chi connectivity index (χ3v) is 2.66. The summed E-state index contributed by atoms with van der Waals surface area (Å²) in [7, 11) is 1.80. The van der Waals surface area contributed by atoms with Crippen molar-refractivity contribution in [2.75, 3.05) is 23.4 Å². The highest BCUT2D eigenvalue weighted by Crippen LogP contribution is 2.21. The number of nitrogens with two attached hydrogens (primary N) is 1. The van der Waals surface area contributed by atoms with Crippen molar-refractivity contribution in [1.82, 2.24) is 9.97 Å². The second-order valence-electron chi connectivity index (χ2n) is 3.88. The lowest BCUT2D eigenvalue weighted by atomic mass is 10.1. The first kappa shape index (κ1) is 12.2. The topological polar surface area (TPSA) is 75.9 Å². The maximum absolute atomic E-state index is 5.66. The molecule has 0 fully saturated rings. The number of hydrogen-bond acceptors (Lipinski definition) is 5. The van der Waals surface area contributed by atoms with Crippen molar-refractivity contribution in [3.8, 4) is 0 Å². The zero-order valence-corrected chi connectivity index (χ0v) is 10.6. The molecule has 2 rings (SSSR count). The predicted octanol–water partition coefficient (Wildman–Crippen LogP) is 2.41. The van der Waals surface area contributed by atoms with Gasteiger partial charge in [0.05, 0.1) is 0 Å². The monoisotopic (exact) mass is 243 g/mol. The van der Waals surface area contributed by atoms with Gasteiger partial charge in [-0.25, -0.2) is 0 Å². The van der Waals surface area contributed by atoms with Gasteiger partial charge in [0, 0.05) is 18.8 Å². The third-order valence-electron chi connectivity index (χ3n) is 2.66. The van der Waals surface area contributed by atoms with Crippen LogP contribution in [0, 0.1) is 0 Å². The van der Waals surface area contributed by atoms with E-state index in [1.165, 1.54) is 5.56 Å². The number of aromatic nitrogens is 2. The molecule has 1 aromatic carbocycles. The van der Waals surface area contributed by atoms with Crippen molar-refractivity contribution in [3.05, 3.63) is 35.9 Å². The number of rotatable bonds is 4. The summed E-state index contributed by atoms with van der Waals surface area (Å²) in [5, 5.41) is 6.22. The molecule has 0 saturated carbocycles. The first-order chi connectivity index (χ1) is 8.72. The van der Waals surface area contributed by atoms with Crippen molar-refractivity contribution in [3.63, 3.8) is 0 Å². The van der Waals surface area contributed by atoms with E-state index in [2.05, 4.69) is 33.6 Å². The molecule has 1 heterocycles. The first-order valence-electron chi connectivity index (χ1n) is 5.90. The average molecular weight is 243 g/mol. The van der Waals surface area contributed by atoms with Crippen molar-refractivity contribution in [1.29, 1.82) is 0 Å². The summed E-state index contributed by atoms with van der Waals surface area (Å²) < 4.78 is 0. The van der Waals surface area contributed by atoms with Crippen molar-refractivity contribution in [2.45, 2.75) is 13.3 Å². The van der Waals surface area contributed by atoms with Gasteiger partial charge in [-0.2, -0.15) is 9.97 Å². The highest BCUT2D eigenvalue weighted by Gasteiger charge is 2.04. The van der Waals surface area contributed by atoms with E-state index in [1.807, 2.05) is 24.3 Å². The van der Waals surface area contributed by atoms with Crippen LogP contribution in [-0.2, 0) is 6.42 Å². The van der Waals surface area contributed by atoms with E-state index in [0.29, 0.717) is 11.6 Å². The Labute approximate surface area is 106 Å². The van der Waals surface area contributed by atoms with Gasteiger partial charge in [-0.05, 0) is 18.1 Å². The van der Waals surface area contributed by atoms with Crippen molar-refractivity contribution >= 4 is 23.3 Å². The van der Waals surface area contributed by atoms with Crippen LogP contribution < -0.4 is 16.4 Å². The smallest absolute Gasteiger partial charge is 0.223 e. The predicted molar refractivity (Wildman–Crippen MR) is 75.1 cm³/mol. The van der Waals surface area contributed by atoms with Gasteiger partial charge in [0.15, 0.2) is 0 Å². The number of hydrogen-bond donors (Lipinski definition) is 3. The molecule has 5 heteroatoms. The lowest BCUT2D eigenvalue weighted by Gasteiger charge is -2.11. The zero-order chi connectivity index (χ0) is 13.0. The average Bonchev–Trinajstić information content (AvgIpc) is 2.38. The fourth-order valence-corrected chi connectivity index (χ4v) is 1.75. The van der Waals surface area contributed by atoms with Crippen LogP contribution in [0.3, 0.4) is 0 Å². The summed E-state index contributed by atoms with van der Waals surface area (Å²) in [4.78, 5) is 8.22. The molecule has 0 unspecified atom stereocenters. The summed E-state index contributed by atoms with van der Waals surface area (Å²) in [6.07, 6.45) is 0.961. The van der Waals surface area contributed by atoms with Crippen LogP contribution in [-0.4, -0.2) is 17.0 Å². The lowest BCUT2D eigenvalue weighted by Crippen LogP contribution is -2.04. The molecule has 18 heavy (non-hydrogen) atoms. The molecule has 0 saturated heterocycles. The second-order valence-corrected chi connectivity index (χ2v) is 3.88. The van der Waals surface area contributed by atoms with Gasteiger partial charge in [-0.1, -0.05) is 25.1 Å². The fourth-order valence-electron chi connectivity index (χ4n) is 1.75. The Balaban J connectivity index is 2.30. The van der Waals surface area contributed by atoms with E-state index in [1.54, 1.807) is 7.05 Å². The molecule has 0 radical (unpaired) electrons. The third kappa shape index (κ3) is 2.68. The van der Waals surface area contributed by atoms with E-state index in [4.69, 9.17) is 5.73 Å². The Morgan fingerprint density at radius 1 is 1.17 bits per heavy atom. The van der Waals surface area contributed by atoms with Crippen molar-refractivity contribution in [2.24, 2.45) is 0 Å². The molecule has 0 spiro atoms. The number of nitrogen functional groups attached to an aromatic ring is 1. The van der Waals surface area contributed by atoms with E-state index in [-0.39, 0.29) is 5.95 Å². The van der Waals surface area contributed by atoms with Crippen LogP contribution >= 0.6 is 0 Å². The summed E-state index contributed by atoms with van der Waals surface area (Å²) in [6, 6.07) is 9.95. The maximum atomic E-state index is 5.66. The van der Waals surface area contributed by atoms with E-state index < -0.39 is 0 Å². The Morgan fingerprint density at radius 2 is 1.89 bits per heavy atom. The molecule has 1 aromatic heterocycles. The number of benzene rings is 1. The van der Waals surface area contributed by atoms with Gasteiger partial charge in [0.2, 0.25) is 5.95 Å². The minimum absolute atomic E-state index is 0.248. The molecule has 0 atom stereocenters. The van der Waals surface area contributed by atoms with Crippen LogP contribution in [0.15, 0.2) is 30.3 Å². The van der Waals surface area contributed by atoms with Gasteiger partial charge in [-0.15, -0.1) is 0 Å². The standard InChI is InChI=1S/C13H17N5/c1-3-9-6-4-5-7-10(9)16-12-8-11(15-2)17-13(14)18-12/h4-8H,3H2,1-2H3,(H4,14,15,16,17,18). The second kappa shape index (κ2) is 5.35. The van der Waals surface area contributed by atoms with Gasteiger partial charge < -0.3 is 16.4 Å². The summed E-state index contributed by atoms with van der Waals surface area (Å²) in [5.74, 6) is 1.63. The molecular formula is C13H17N5. The Hall–Kier alpha value is -2.30. The Kier molecular flexibility index (Phi) is 3.62. The van der Waals surface area contributed by atoms with Crippen LogP contribution in [0.1, 0.15) is 12.5 Å². The molecule has 0 aliphatic rings. The largest absolute Gasteiger partial charge is 0.373 e. The van der Waals surface area contributed by atoms with Gasteiger partial charge >= 0.3 is 0 Å². The minimum atomic E-state index is 0.248. The maximum Gasteiger partial charge on any atom is 0.223 e. The van der Waals surface area contributed by atoms with Crippen LogP contribution in [0.4, 0.5) is 23.3 Å². The Morgan fingerprint density at radius 3 is 2.61 bits per heavy atom. The molecule has 94 valence electrons. The minimum Gasteiger partial charge on any atom is -0.373 e. The van der Waals surface area contributed by atoms with Gasteiger partial charge in [-0.3, -0.25) is 0 Å². The lowest BCUT2D eigenvalue weighted by molar-refractivity contribution is 1.13. The summed E-state index contributed by atoms with van der Waals surface area (Å²) in [6.45, 7) is 2.12. The number of aryl methyl sites for hydroxylation is 1. The van der Waals surface area contributed by atoms with E-state index in [9.17, 15) is 0 Å². The normalized spacial score (nSPS) is 10.1. The quantitative estimate of drug-likeness (QED) is 0.768. The number of nitrogens with zero attached hydrogens (tertiary/aromatic N) is 2. The van der Waals surface area contributed by atoms with Crippen LogP contribution in [0.25, 0.3) is 0 Å². The van der Waals surface area contributed by atoms with Gasteiger partial charge in [0.1, 0.15) is 11.6 Å². The van der Waals surface area contributed by atoms with Gasteiger partial charge in [0.25, 0.3) is 0 Å². The number of para-hydroxylation sites is 1. The molecule has 0 aliphatic carbocycles. The van der Waals surface area contributed by atoms with Crippen LogP contribution in [0.2, 0.25) is 0 Å². The molecular weight excluding hydrogens is 226 g/mol. The van der Waals surface area contributed by atoms with Crippen molar-refractivity contribution < 1.29 is 0 Å². The summed E-state index contributed by atoms with van der Waals surface area (Å²) >= 11 is 0.